The fraction of sp³-hybridized carbons (Fsp3) is 0.370. The van der Waals surface area contributed by atoms with E-state index in [1.807, 2.05) is 12.1 Å². The first-order valence-corrected chi connectivity index (χ1v) is 11.9. The smallest absolute Gasteiger partial charge is 0.329 e. The van der Waals surface area contributed by atoms with Crippen LogP contribution in [-0.4, -0.2) is 33.1 Å². The number of ether oxygens (including phenoxy) is 1. The first-order chi connectivity index (χ1) is 16.5. The van der Waals surface area contributed by atoms with Gasteiger partial charge in [0.15, 0.2) is 11.4 Å². The van der Waals surface area contributed by atoms with Crippen LogP contribution in [0.2, 0.25) is 0 Å². The van der Waals surface area contributed by atoms with Crippen molar-refractivity contribution in [2.45, 2.75) is 57.6 Å². The third kappa shape index (κ3) is 5.91. The maximum Gasteiger partial charge on any atom is 0.329 e. The Morgan fingerprint density at radius 1 is 1.00 bits per heavy atom. The van der Waals surface area contributed by atoms with Gasteiger partial charge in [-0.2, -0.15) is 0 Å². The van der Waals surface area contributed by atoms with E-state index >= 15 is 0 Å². The van der Waals surface area contributed by atoms with Crippen LogP contribution in [-0.2, 0) is 19.9 Å². The van der Waals surface area contributed by atoms with Gasteiger partial charge in [-0.25, -0.2) is 9.78 Å². The van der Waals surface area contributed by atoms with Crippen LogP contribution in [0.4, 0.5) is 5.82 Å². The molecule has 3 aromatic rings. The van der Waals surface area contributed by atoms with Crippen LogP contribution in [0.1, 0.15) is 63.1 Å². The van der Waals surface area contributed by atoms with Crippen LogP contribution in [0, 0.1) is 0 Å². The molecule has 0 aliphatic heterocycles. The maximum absolute atomic E-state index is 13.4. The Labute approximate surface area is 200 Å². The van der Waals surface area contributed by atoms with Crippen molar-refractivity contribution in [1.29, 1.82) is 0 Å². The number of carbonyl (C=O) groups is 2. The second-order valence-electron chi connectivity index (χ2n) is 8.22. The number of amides is 1. The number of esters is 1. The molecule has 0 saturated carbocycles. The van der Waals surface area contributed by atoms with Crippen LogP contribution in [0.15, 0.2) is 73.2 Å². The van der Waals surface area contributed by atoms with Gasteiger partial charge >= 0.3 is 5.97 Å². The summed E-state index contributed by atoms with van der Waals surface area (Å²) in [6.07, 6.45) is 7.89. The van der Waals surface area contributed by atoms with Crippen molar-refractivity contribution in [1.82, 2.24) is 9.55 Å². The monoisotopic (exact) mass is 463 g/mol. The standard InChI is InChI=1S/C27H33N3O4/c1-3-5-6-13-18-23(25(31)34-4-2)30-19-24(28-20-30)29-26(32)27(33,21-14-9-7-10-15-21)22-16-11-8-12-17-22/h7-12,14-17,19-20,23,33H,3-6,13,18H2,1-2H3,(H,29,32). The van der Waals surface area contributed by atoms with Gasteiger partial charge in [0.1, 0.15) is 6.04 Å². The highest BCUT2D eigenvalue weighted by Gasteiger charge is 2.40. The molecule has 0 aliphatic carbocycles. The normalized spacial score (nSPS) is 12.2. The lowest BCUT2D eigenvalue weighted by atomic mass is 9.85. The number of anilines is 1. The minimum Gasteiger partial charge on any atom is -0.464 e. The number of hydrogen-bond donors (Lipinski definition) is 2. The molecule has 2 N–H and O–H groups in total. The van der Waals surface area contributed by atoms with E-state index < -0.39 is 17.6 Å². The van der Waals surface area contributed by atoms with E-state index in [0.29, 0.717) is 24.2 Å². The lowest BCUT2D eigenvalue weighted by molar-refractivity contribution is -0.147. The molecule has 0 spiro atoms. The lowest BCUT2D eigenvalue weighted by Crippen LogP contribution is -2.41. The van der Waals surface area contributed by atoms with Crippen LogP contribution < -0.4 is 5.32 Å². The summed E-state index contributed by atoms with van der Waals surface area (Å²) >= 11 is 0. The van der Waals surface area contributed by atoms with Gasteiger partial charge in [-0.05, 0) is 24.5 Å². The van der Waals surface area contributed by atoms with E-state index in [1.54, 1.807) is 66.2 Å². The lowest BCUT2D eigenvalue weighted by Gasteiger charge is -2.27. The van der Waals surface area contributed by atoms with Gasteiger partial charge in [-0.3, -0.25) is 4.79 Å². The molecule has 0 saturated heterocycles. The van der Waals surface area contributed by atoms with Crippen molar-refractivity contribution in [2.75, 3.05) is 11.9 Å². The van der Waals surface area contributed by atoms with Gasteiger partial charge in [0.05, 0.1) is 12.9 Å². The summed E-state index contributed by atoms with van der Waals surface area (Å²) in [5, 5.41) is 14.3. The van der Waals surface area contributed by atoms with Crippen molar-refractivity contribution in [3.8, 4) is 0 Å². The highest BCUT2D eigenvalue weighted by Crippen LogP contribution is 2.31. The van der Waals surface area contributed by atoms with Crippen molar-refractivity contribution >= 4 is 17.7 Å². The minimum atomic E-state index is -1.91. The number of benzene rings is 2. The van der Waals surface area contributed by atoms with Crippen molar-refractivity contribution < 1.29 is 19.4 Å². The summed E-state index contributed by atoms with van der Waals surface area (Å²) in [4.78, 5) is 30.2. The molecule has 1 unspecified atom stereocenters. The SMILES string of the molecule is CCCCCCC(C(=O)OCC)n1cnc(NC(=O)C(O)(c2ccccc2)c2ccccc2)c1. The molecule has 3 rings (SSSR count). The molecule has 1 heterocycles. The van der Waals surface area contributed by atoms with Crippen molar-refractivity contribution in [3.63, 3.8) is 0 Å². The average molecular weight is 464 g/mol. The van der Waals surface area contributed by atoms with Gasteiger partial charge < -0.3 is 19.7 Å². The third-order valence-corrected chi connectivity index (χ3v) is 5.80. The molecule has 7 heteroatoms. The molecule has 180 valence electrons. The van der Waals surface area contributed by atoms with Crippen LogP contribution >= 0.6 is 0 Å². The molecule has 1 aromatic heterocycles. The number of carbonyl (C=O) groups excluding carboxylic acids is 2. The predicted octanol–water partition coefficient (Wildman–Crippen LogP) is 4.83. The highest BCUT2D eigenvalue weighted by molar-refractivity contribution is 5.99. The van der Waals surface area contributed by atoms with Crippen LogP contribution in [0.25, 0.3) is 0 Å². The Morgan fingerprint density at radius 2 is 1.62 bits per heavy atom. The molecule has 1 amide bonds. The summed E-state index contributed by atoms with van der Waals surface area (Å²) in [6, 6.07) is 17.0. The molecule has 2 aromatic carbocycles. The number of nitrogens with one attached hydrogen (secondary N) is 1. The Bertz CT molecular complexity index is 1010. The first kappa shape index (κ1) is 25.2. The average Bonchev–Trinajstić information content (AvgIpc) is 3.32. The summed E-state index contributed by atoms with van der Waals surface area (Å²) in [5.74, 6) is -0.705. The summed E-state index contributed by atoms with van der Waals surface area (Å²) in [7, 11) is 0. The second kappa shape index (κ2) is 12.1. The highest BCUT2D eigenvalue weighted by atomic mass is 16.5. The fourth-order valence-electron chi connectivity index (χ4n) is 3.96. The second-order valence-corrected chi connectivity index (χ2v) is 8.22. The number of hydrogen-bond acceptors (Lipinski definition) is 5. The molecule has 0 aliphatic rings. The molecular weight excluding hydrogens is 430 g/mol. The van der Waals surface area contributed by atoms with Crippen molar-refractivity contribution in [2.24, 2.45) is 0 Å². The Hall–Kier alpha value is -3.45. The number of aliphatic hydroxyl groups is 1. The zero-order valence-electron chi connectivity index (χ0n) is 19.8. The number of unbranched alkanes of at least 4 members (excludes halogenated alkanes) is 3. The zero-order valence-corrected chi connectivity index (χ0v) is 19.8. The molecule has 7 nitrogen and oxygen atoms in total. The molecule has 34 heavy (non-hydrogen) atoms. The predicted molar refractivity (Wildman–Crippen MR) is 131 cm³/mol. The minimum absolute atomic E-state index is 0.248. The molecule has 1 atom stereocenters. The Morgan fingerprint density at radius 3 is 2.18 bits per heavy atom. The van der Waals surface area contributed by atoms with Crippen LogP contribution in [0.5, 0.6) is 0 Å². The summed E-state index contributed by atoms with van der Waals surface area (Å²) in [6.45, 7) is 4.21. The molecule has 0 bridgehead atoms. The first-order valence-electron chi connectivity index (χ1n) is 11.9. The summed E-state index contributed by atoms with van der Waals surface area (Å²) < 4.78 is 6.93. The van der Waals surface area contributed by atoms with Gasteiger partial charge in [-0.1, -0.05) is 93.3 Å². The van der Waals surface area contributed by atoms with E-state index in [4.69, 9.17) is 4.74 Å². The van der Waals surface area contributed by atoms with Gasteiger partial charge in [-0.15, -0.1) is 0 Å². The molecule has 0 fully saturated rings. The quantitative estimate of drug-likeness (QED) is 0.296. The van der Waals surface area contributed by atoms with Crippen molar-refractivity contribution in [3.05, 3.63) is 84.3 Å². The van der Waals surface area contributed by atoms with E-state index in [-0.39, 0.29) is 11.8 Å². The fourth-order valence-corrected chi connectivity index (χ4v) is 3.96. The Balaban J connectivity index is 1.83. The van der Waals surface area contributed by atoms with E-state index in [0.717, 1.165) is 25.7 Å². The largest absolute Gasteiger partial charge is 0.464 e. The van der Waals surface area contributed by atoms with E-state index in [1.165, 1.54) is 6.33 Å². The molecular formula is C27H33N3O4. The van der Waals surface area contributed by atoms with Gasteiger partial charge in [0.2, 0.25) is 0 Å². The van der Waals surface area contributed by atoms with Gasteiger partial charge in [0, 0.05) is 6.20 Å². The third-order valence-electron chi connectivity index (χ3n) is 5.80. The maximum atomic E-state index is 13.4. The van der Waals surface area contributed by atoms with E-state index in [2.05, 4.69) is 17.2 Å². The summed E-state index contributed by atoms with van der Waals surface area (Å²) in [5.41, 5.74) is -1.02. The van der Waals surface area contributed by atoms with Gasteiger partial charge in [0.25, 0.3) is 5.91 Å². The number of nitrogens with zero attached hydrogens (tertiary/aromatic N) is 2. The van der Waals surface area contributed by atoms with Crippen LogP contribution in [0.3, 0.4) is 0 Å². The molecule has 0 radical (unpaired) electrons. The number of aromatic nitrogens is 2. The Kier molecular flexibility index (Phi) is 8.99. The number of rotatable bonds is 12. The zero-order chi connectivity index (χ0) is 24.4. The topological polar surface area (TPSA) is 93.5 Å². The number of imidazole rings is 1. The van der Waals surface area contributed by atoms with E-state index in [9.17, 15) is 14.7 Å².